The number of aromatic nitrogens is 3. The average molecular weight is 199 g/mol. The fourth-order valence-electron chi connectivity index (χ4n) is 0.905. The molecule has 1 aromatic heterocycles. The van der Waals surface area contributed by atoms with Crippen LogP contribution in [0.25, 0.3) is 0 Å². The molecule has 0 radical (unpaired) electrons. The minimum Gasteiger partial charge on any atom is -0.298 e. The summed E-state index contributed by atoms with van der Waals surface area (Å²) in [5, 5.41) is 8.34. The maximum Gasteiger partial charge on any atom is 0.274 e. The van der Waals surface area contributed by atoms with Crippen LogP contribution < -0.4 is 5.56 Å². The van der Waals surface area contributed by atoms with Crippen LogP contribution in [0.1, 0.15) is 26.5 Å². The van der Waals surface area contributed by atoms with Crippen molar-refractivity contribution >= 4 is 11.8 Å². The van der Waals surface area contributed by atoms with Crippen LogP contribution in [0.3, 0.4) is 0 Å². The maximum atomic E-state index is 11.5. The Kier molecular flexibility index (Phi) is 2.75. The number of aromatic amines is 1. The third-order valence-corrected chi connectivity index (χ3v) is 2.15. The van der Waals surface area contributed by atoms with Gasteiger partial charge < -0.3 is 0 Å². The van der Waals surface area contributed by atoms with Crippen LogP contribution in [-0.4, -0.2) is 21.4 Å². The maximum absolute atomic E-state index is 11.5. The molecule has 1 heterocycles. The summed E-state index contributed by atoms with van der Waals surface area (Å²) >= 11 is 1.37. The van der Waals surface area contributed by atoms with Crippen LogP contribution in [0.15, 0.2) is 9.95 Å². The molecule has 1 rings (SSSR count). The SMILES string of the molecule is CSc1nnc(C(C)(C)C)c(=O)[nH]1. The van der Waals surface area contributed by atoms with Crippen molar-refractivity contribution in [3.05, 3.63) is 16.0 Å². The van der Waals surface area contributed by atoms with Gasteiger partial charge in [-0.1, -0.05) is 32.5 Å². The van der Waals surface area contributed by atoms with Gasteiger partial charge in [0, 0.05) is 5.41 Å². The molecule has 72 valence electrons. The van der Waals surface area contributed by atoms with E-state index >= 15 is 0 Å². The molecule has 13 heavy (non-hydrogen) atoms. The first-order valence-corrected chi connectivity index (χ1v) is 5.19. The molecule has 0 aliphatic rings. The normalized spacial score (nSPS) is 11.7. The van der Waals surface area contributed by atoms with Crippen molar-refractivity contribution in [3.63, 3.8) is 0 Å². The quantitative estimate of drug-likeness (QED) is 0.690. The van der Waals surface area contributed by atoms with Crippen molar-refractivity contribution in [1.29, 1.82) is 0 Å². The highest BCUT2D eigenvalue weighted by molar-refractivity contribution is 7.98. The Balaban J connectivity index is 3.21. The molecular formula is C8H13N3OS. The van der Waals surface area contributed by atoms with Crippen molar-refractivity contribution in [2.45, 2.75) is 31.3 Å². The molecule has 0 saturated carbocycles. The van der Waals surface area contributed by atoms with Gasteiger partial charge in [0.25, 0.3) is 5.56 Å². The van der Waals surface area contributed by atoms with E-state index in [1.807, 2.05) is 27.0 Å². The van der Waals surface area contributed by atoms with Crippen molar-refractivity contribution in [3.8, 4) is 0 Å². The molecule has 0 bridgehead atoms. The average Bonchev–Trinajstić information content (AvgIpc) is 2.01. The van der Waals surface area contributed by atoms with E-state index in [0.717, 1.165) is 0 Å². The number of hydrogen-bond donors (Lipinski definition) is 1. The monoisotopic (exact) mass is 199 g/mol. The van der Waals surface area contributed by atoms with Gasteiger partial charge in [-0.15, -0.1) is 10.2 Å². The summed E-state index contributed by atoms with van der Waals surface area (Å²) in [6.45, 7) is 5.81. The van der Waals surface area contributed by atoms with E-state index in [-0.39, 0.29) is 11.0 Å². The Bertz CT molecular complexity index is 353. The fourth-order valence-corrected chi connectivity index (χ4v) is 1.22. The number of hydrogen-bond acceptors (Lipinski definition) is 4. The third-order valence-electron chi connectivity index (χ3n) is 1.58. The summed E-state index contributed by atoms with van der Waals surface area (Å²) in [6.07, 6.45) is 1.84. The first-order valence-electron chi connectivity index (χ1n) is 3.96. The van der Waals surface area contributed by atoms with E-state index in [4.69, 9.17) is 0 Å². The second-order valence-electron chi connectivity index (χ2n) is 3.76. The highest BCUT2D eigenvalue weighted by Gasteiger charge is 2.20. The van der Waals surface area contributed by atoms with Gasteiger partial charge in [0.15, 0.2) is 5.16 Å². The Labute approximate surface area is 81.2 Å². The summed E-state index contributed by atoms with van der Waals surface area (Å²) in [5.41, 5.74) is 0.0782. The molecule has 0 spiro atoms. The van der Waals surface area contributed by atoms with Gasteiger partial charge in [-0.05, 0) is 6.26 Å². The van der Waals surface area contributed by atoms with Crippen molar-refractivity contribution < 1.29 is 0 Å². The summed E-state index contributed by atoms with van der Waals surface area (Å²) in [4.78, 5) is 14.1. The Morgan fingerprint density at radius 1 is 1.31 bits per heavy atom. The van der Waals surface area contributed by atoms with Crippen LogP contribution in [0.5, 0.6) is 0 Å². The van der Waals surface area contributed by atoms with E-state index in [1.165, 1.54) is 11.8 Å². The molecule has 0 aromatic carbocycles. The van der Waals surface area contributed by atoms with Crippen molar-refractivity contribution in [1.82, 2.24) is 15.2 Å². The molecule has 1 aromatic rings. The van der Waals surface area contributed by atoms with Crippen molar-refractivity contribution in [2.24, 2.45) is 0 Å². The van der Waals surface area contributed by atoms with Gasteiger partial charge in [0.05, 0.1) is 0 Å². The third kappa shape index (κ3) is 2.30. The van der Waals surface area contributed by atoms with E-state index < -0.39 is 0 Å². The summed E-state index contributed by atoms with van der Waals surface area (Å²) in [7, 11) is 0. The van der Waals surface area contributed by atoms with Gasteiger partial charge >= 0.3 is 0 Å². The summed E-state index contributed by atoms with van der Waals surface area (Å²) < 4.78 is 0. The lowest BCUT2D eigenvalue weighted by molar-refractivity contribution is 0.536. The number of nitrogens with zero attached hydrogens (tertiary/aromatic N) is 2. The lowest BCUT2D eigenvalue weighted by Gasteiger charge is -2.14. The standard InChI is InChI=1S/C8H13N3OS/c1-8(2,3)5-6(12)9-7(13-4)11-10-5/h1-4H3,(H,9,11,12). The molecular weight excluding hydrogens is 186 g/mol. The van der Waals surface area contributed by atoms with Gasteiger partial charge in [0.1, 0.15) is 5.69 Å². The molecule has 0 aliphatic heterocycles. The molecule has 0 fully saturated rings. The largest absolute Gasteiger partial charge is 0.298 e. The molecule has 0 amide bonds. The highest BCUT2D eigenvalue weighted by atomic mass is 32.2. The molecule has 1 N–H and O–H groups in total. The highest BCUT2D eigenvalue weighted by Crippen LogP contribution is 2.15. The predicted octanol–water partition coefficient (Wildman–Crippen LogP) is 1.18. The second-order valence-corrected chi connectivity index (χ2v) is 4.56. The smallest absolute Gasteiger partial charge is 0.274 e. The van der Waals surface area contributed by atoms with Crippen LogP contribution in [0.4, 0.5) is 0 Å². The second kappa shape index (κ2) is 3.49. The summed E-state index contributed by atoms with van der Waals surface area (Å²) in [6, 6.07) is 0. The van der Waals surface area contributed by atoms with Gasteiger partial charge in [-0.25, -0.2) is 0 Å². The molecule has 5 heteroatoms. The zero-order valence-corrected chi connectivity index (χ0v) is 9.03. The minimum absolute atomic E-state index is 0.146. The van der Waals surface area contributed by atoms with E-state index in [2.05, 4.69) is 15.2 Å². The number of H-pyrrole nitrogens is 1. The fraction of sp³-hybridized carbons (Fsp3) is 0.625. The van der Waals surface area contributed by atoms with Crippen LogP contribution >= 0.6 is 11.8 Å². The minimum atomic E-state index is -0.252. The van der Waals surface area contributed by atoms with Crippen molar-refractivity contribution in [2.75, 3.05) is 6.26 Å². The first kappa shape index (κ1) is 10.2. The topological polar surface area (TPSA) is 58.6 Å². The number of rotatable bonds is 1. The summed E-state index contributed by atoms with van der Waals surface area (Å²) in [5.74, 6) is 0. The molecule has 0 unspecified atom stereocenters. The zero-order chi connectivity index (χ0) is 10.1. The lowest BCUT2D eigenvalue weighted by atomic mass is 9.93. The molecule has 0 aliphatic carbocycles. The van der Waals surface area contributed by atoms with E-state index in [9.17, 15) is 4.79 Å². The Hall–Kier alpha value is -0.840. The first-order chi connectivity index (χ1) is 5.95. The van der Waals surface area contributed by atoms with E-state index in [0.29, 0.717) is 10.9 Å². The van der Waals surface area contributed by atoms with Crippen LogP contribution in [0.2, 0.25) is 0 Å². The number of nitrogens with one attached hydrogen (secondary N) is 1. The molecule has 0 saturated heterocycles. The Morgan fingerprint density at radius 3 is 2.31 bits per heavy atom. The van der Waals surface area contributed by atoms with Crippen LogP contribution in [-0.2, 0) is 5.41 Å². The van der Waals surface area contributed by atoms with Crippen LogP contribution in [0, 0.1) is 0 Å². The molecule has 4 nitrogen and oxygen atoms in total. The van der Waals surface area contributed by atoms with Gasteiger partial charge in [-0.2, -0.15) is 0 Å². The Morgan fingerprint density at radius 2 is 1.92 bits per heavy atom. The lowest BCUT2D eigenvalue weighted by Crippen LogP contribution is -2.27. The van der Waals surface area contributed by atoms with E-state index in [1.54, 1.807) is 0 Å². The molecule has 0 atom stereocenters. The zero-order valence-electron chi connectivity index (χ0n) is 8.21. The van der Waals surface area contributed by atoms with Gasteiger partial charge in [-0.3, -0.25) is 9.78 Å². The van der Waals surface area contributed by atoms with Gasteiger partial charge in [0.2, 0.25) is 0 Å². The predicted molar refractivity (Wildman–Crippen MR) is 53.1 cm³/mol. The number of thioether (sulfide) groups is 1.